The first-order chi connectivity index (χ1) is 8.12. The molecule has 0 aliphatic rings. The molecule has 0 radical (unpaired) electrons. The Kier molecular flexibility index (Phi) is 6.02. The molecule has 0 fully saturated rings. The molecule has 0 aliphatic heterocycles. The number of nitrogens with one attached hydrogen (secondary N) is 1. The van der Waals surface area contributed by atoms with Crippen LogP contribution in [0.3, 0.4) is 0 Å². The van der Waals surface area contributed by atoms with Crippen molar-refractivity contribution in [1.82, 2.24) is 5.32 Å². The van der Waals surface area contributed by atoms with Crippen molar-refractivity contribution in [3.8, 4) is 0 Å². The normalized spacial score (nSPS) is 14.3. The Labute approximate surface area is 111 Å². The van der Waals surface area contributed by atoms with Crippen molar-refractivity contribution in [2.75, 3.05) is 19.9 Å². The summed E-state index contributed by atoms with van der Waals surface area (Å²) in [5.41, 5.74) is -0.565. The Morgan fingerprint density at radius 2 is 2.41 bits per heavy atom. The molecule has 1 aromatic rings. The minimum Gasteiger partial charge on any atom is -0.468 e. The number of ether oxygens (including phenoxy) is 1. The standard InChI is InChI=1S/C12H19NO2S2/c1-12(13-2,11(14)15-3)7-5-9-17-10-6-4-8-16-10/h4,6,8,13H,5,7,9H2,1-3H3. The number of thiophene rings is 1. The molecule has 1 atom stereocenters. The first-order valence-corrected chi connectivity index (χ1v) is 7.42. The van der Waals surface area contributed by atoms with Crippen molar-refractivity contribution >= 4 is 29.1 Å². The monoisotopic (exact) mass is 273 g/mol. The van der Waals surface area contributed by atoms with Gasteiger partial charge in [0.15, 0.2) is 0 Å². The molecule has 0 spiro atoms. The van der Waals surface area contributed by atoms with E-state index in [9.17, 15) is 4.79 Å². The Morgan fingerprint density at radius 3 is 2.94 bits per heavy atom. The van der Waals surface area contributed by atoms with E-state index in [1.807, 2.05) is 18.7 Å². The van der Waals surface area contributed by atoms with Gasteiger partial charge in [-0.05, 0) is 44.0 Å². The summed E-state index contributed by atoms with van der Waals surface area (Å²) in [7, 11) is 3.22. The molecule has 96 valence electrons. The maximum absolute atomic E-state index is 11.6. The van der Waals surface area contributed by atoms with E-state index < -0.39 is 5.54 Å². The number of thioether (sulfide) groups is 1. The fourth-order valence-corrected chi connectivity index (χ4v) is 3.30. The number of carbonyl (C=O) groups is 1. The van der Waals surface area contributed by atoms with Crippen molar-refractivity contribution in [3.63, 3.8) is 0 Å². The second kappa shape index (κ2) is 7.03. The van der Waals surface area contributed by atoms with Crippen LogP contribution in [0.1, 0.15) is 19.8 Å². The quantitative estimate of drug-likeness (QED) is 0.471. The highest BCUT2D eigenvalue weighted by atomic mass is 32.2. The van der Waals surface area contributed by atoms with E-state index in [1.165, 1.54) is 11.3 Å². The van der Waals surface area contributed by atoms with Crippen molar-refractivity contribution < 1.29 is 9.53 Å². The summed E-state index contributed by atoms with van der Waals surface area (Å²) < 4.78 is 6.13. The molecule has 1 aromatic heterocycles. The summed E-state index contributed by atoms with van der Waals surface area (Å²) in [6, 6.07) is 4.17. The average molecular weight is 273 g/mol. The van der Waals surface area contributed by atoms with Crippen molar-refractivity contribution in [2.24, 2.45) is 0 Å². The zero-order valence-electron chi connectivity index (χ0n) is 10.5. The Morgan fingerprint density at radius 1 is 1.65 bits per heavy atom. The van der Waals surface area contributed by atoms with E-state index in [2.05, 4.69) is 22.8 Å². The Bertz CT molecular complexity index is 340. The molecule has 17 heavy (non-hydrogen) atoms. The van der Waals surface area contributed by atoms with E-state index in [1.54, 1.807) is 18.4 Å². The number of hydrogen-bond acceptors (Lipinski definition) is 5. The summed E-state index contributed by atoms with van der Waals surface area (Å²) in [6.07, 6.45) is 1.77. The predicted octanol–water partition coefficient (Wildman–Crippen LogP) is 2.77. The van der Waals surface area contributed by atoms with Gasteiger partial charge in [0.1, 0.15) is 5.54 Å². The molecule has 1 unspecified atom stereocenters. The van der Waals surface area contributed by atoms with E-state index in [4.69, 9.17) is 4.74 Å². The highest BCUT2D eigenvalue weighted by Gasteiger charge is 2.31. The lowest BCUT2D eigenvalue weighted by molar-refractivity contribution is -0.148. The smallest absolute Gasteiger partial charge is 0.325 e. The van der Waals surface area contributed by atoms with Gasteiger partial charge < -0.3 is 10.1 Å². The van der Waals surface area contributed by atoms with Crippen LogP contribution in [0.15, 0.2) is 21.7 Å². The molecular formula is C12H19NO2S2. The summed E-state index contributed by atoms with van der Waals surface area (Å²) in [4.78, 5) is 11.6. The SMILES string of the molecule is CNC(C)(CCCSc1cccs1)C(=O)OC. The lowest BCUT2D eigenvalue weighted by Gasteiger charge is -2.25. The van der Waals surface area contributed by atoms with Crippen molar-refractivity contribution in [3.05, 3.63) is 17.5 Å². The molecule has 3 nitrogen and oxygen atoms in total. The topological polar surface area (TPSA) is 38.3 Å². The van der Waals surface area contributed by atoms with Crippen LogP contribution in [0.5, 0.6) is 0 Å². The molecule has 0 aliphatic carbocycles. The van der Waals surface area contributed by atoms with Gasteiger partial charge in [-0.15, -0.1) is 23.1 Å². The van der Waals surface area contributed by atoms with E-state index in [0.717, 1.165) is 18.6 Å². The minimum atomic E-state index is -0.565. The van der Waals surface area contributed by atoms with Gasteiger partial charge in [0.2, 0.25) is 0 Å². The van der Waals surface area contributed by atoms with Crippen LogP contribution in [-0.4, -0.2) is 31.4 Å². The fourth-order valence-electron chi connectivity index (χ4n) is 1.50. The molecular weight excluding hydrogens is 254 g/mol. The Balaban J connectivity index is 2.31. The van der Waals surface area contributed by atoms with Crippen LogP contribution in [0.4, 0.5) is 0 Å². The summed E-state index contributed by atoms with van der Waals surface area (Å²) in [5.74, 6) is 0.829. The third-order valence-corrected chi connectivity index (χ3v) is 4.97. The van der Waals surface area contributed by atoms with Gasteiger partial charge in [0.05, 0.1) is 11.3 Å². The first kappa shape index (κ1) is 14.5. The number of likely N-dealkylation sites (N-methyl/N-ethyl adjacent to an activating group) is 1. The van der Waals surface area contributed by atoms with Gasteiger partial charge in [0, 0.05) is 0 Å². The lowest BCUT2D eigenvalue weighted by Crippen LogP contribution is -2.48. The van der Waals surface area contributed by atoms with Gasteiger partial charge in [0.25, 0.3) is 0 Å². The number of rotatable bonds is 7. The highest BCUT2D eigenvalue weighted by Crippen LogP contribution is 2.25. The van der Waals surface area contributed by atoms with Gasteiger partial charge in [-0.3, -0.25) is 4.79 Å². The minimum absolute atomic E-state index is 0.193. The molecule has 1 rings (SSSR count). The van der Waals surface area contributed by atoms with Crippen LogP contribution in [0.25, 0.3) is 0 Å². The molecule has 0 amide bonds. The third-order valence-electron chi connectivity index (χ3n) is 2.75. The average Bonchev–Trinajstić information content (AvgIpc) is 2.86. The maximum Gasteiger partial charge on any atom is 0.325 e. The summed E-state index contributed by atoms with van der Waals surface area (Å²) in [5, 5.41) is 5.12. The van der Waals surface area contributed by atoms with E-state index in [0.29, 0.717) is 0 Å². The molecule has 1 heterocycles. The van der Waals surface area contributed by atoms with Crippen molar-refractivity contribution in [2.45, 2.75) is 29.5 Å². The summed E-state index contributed by atoms with van der Waals surface area (Å²) in [6.45, 7) is 1.88. The molecule has 0 bridgehead atoms. The van der Waals surface area contributed by atoms with Crippen molar-refractivity contribution in [1.29, 1.82) is 0 Å². The van der Waals surface area contributed by atoms with E-state index >= 15 is 0 Å². The number of hydrogen-bond donors (Lipinski definition) is 1. The molecule has 0 aromatic carbocycles. The Hall–Kier alpha value is -0.520. The number of carbonyl (C=O) groups excluding carboxylic acids is 1. The number of esters is 1. The second-order valence-electron chi connectivity index (χ2n) is 3.96. The summed E-state index contributed by atoms with van der Waals surface area (Å²) >= 11 is 3.59. The fraction of sp³-hybridized carbons (Fsp3) is 0.583. The van der Waals surface area contributed by atoms with Crippen LogP contribution < -0.4 is 5.32 Å². The van der Waals surface area contributed by atoms with E-state index in [-0.39, 0.29) is 5.97 Å². The van der Waals surface area contributed by atoms with Gasteiger partial charge in [-0.25, -0.2) is 0 Å². The first-order valence-electron chi connectivity index (χ1n) is 5.56. The molecule has 5 heteroatoms. The lowest BCUT2D eigenvalue weighted by atomic mass is 9.97. The zero-order valence-corrected chi connectivity index (χ0v) is 12.1. The zero-order chi connectivity index (χ0) is 12.7. The largest absolute Gasteiger partial charge is 0.468 e. The predicted molar refractivity (Wildman–Crippen MR) is 73.8 cm³/mol. The second-order valence-corrected chi connectivity index (χ2v) is 6.30. The van der Waals surface area contributed by atoms with Crippen LogP contribution in [0.2, 0.25) is 0 Å². The van der Waals surface area contributed by atoms with Crippen LogP contribution >= 0.6 is 23.1 Å². The molecule has 0 saturated heterocycles. The van der Waals surface area contributed by atoms with Gasteiger partial charge in [-0.1, -0.05) is 6.07 Å². The van der Waals surface area contributed by atoms with Crippen LogP contribution in [-0.2, 0) is 9.53 Å². The van der Waals surface area contributed by atoms with Gasteiger partial charge in [-0.2, -0.15) is 0 Å². The highest BCUT2D eigenvalue weighted by molar-refractivity contribution is 8.01. The van der Waals surface area contributed by atoms with Crippen LogP contribution in [0, 0.1) is 0 Å². The third kappa shape index (κ3) is 4.33. The maximum atomic E-state index is 11.6. The number of methoxy groups -OCH3 is 1. The molecule has 0 saturated carbocycles. The molecule has 1 N–H and O–H groups in total. The van der Waals surface area contributed by atoms with Gasteiger partial charge >= 0.3 is 5.97 Å².